The molecule has 1 aromatic rings. The standard InChI is InChI=1S/C23H34N2O6/c1-8-13-30-22(28)25-17(15-11-10-12-24-20(15)31-14(3)4)19(26)16(23(5,6)7)18(25)21(27)29-9-2/h8,10-12,14,16-19,26H,1,9,13H2,2-7H3/t16-,17+,18+,19+/m1/s1. The predicted molar refractivity (Wildman–Crippen MR) is 115 cm³/mol. The lowest BCUT2D eigenvalue weighted by molar-refractivity contribution is -0.151. The molecule has 4 atom stereocenters. The van der Waals surface area contributed by atoms with Gasteiger partial charge in [0.25, 0.3) is 0 Å². The predicted octanol–water partition coefficient (Wildman–Crippen LogP) is 3.50. The molecule has 1 fully saturated rings. The molecule has 2 rings (SSSR count). The van der Waals surface area contributed by atoms with Gasteiger partial charge >= 0.3 is 12.1 Å². The van der Waals surface area contributed by atoms with Crippen LogP contribution >= 0.6 is 0 Å². The summed E-state index contributed by atoms with van der Waals surface area (Å²) in [5.41, 5.74) is -0.0237. The van der Waals surface area contributed by atoms with E-state index in [0.717, 1.165) is 0 Å². The van der Waals surface area contributed by atoms with Crippen LogP contribution in [0.5, 0.6) is 5.88 Å². The summed E-state index contributed by atoms with van der Waals surface area (Å²) >= 11 is 0. The molecule has 0 aromatic carbocycles. The summed E-state index contributed by atoms with van der Waals surface area (Å²) in [5, 5.41) is 11.5. The first-order valence-electron chi connectivity index (χ1n) is 10.6. The SMILES string of the molecule is C=CCOC(=O)N1[C@H](C(=O)OCC)[C@@H](C(C)(C)C)[C@H](O)[C@@H]1c1cccnc1OC(C)C. The fourth-order valence-electron chi connectivity index (χ4n) is 4.08. The van der Waals surface area contributed by atoms with Crippen LogP contribution < -0.4 is 4.74 Å². The van der Waals surface area contributed by atoms with Gasteiger partial charge in [-0.3, -0.25) is 4.90 Å². The number of aliphatic hydroxyl groups is 1. The number of carbonyl (C=O) groups is 2. The maximum Gasteiger partial charge on any atom is 0.411 e. The van der Waals surface area contributed by atoms with Gasteiger partial charge in [-0.05, 0) is 38.3 Å². The molecule has 1 amide bonds. The van der Waals surface area contributed by atoms with Crippen LogP contribution in [0.2, 0.25) is 0 Å². The van der Waals surface area contributed by atoms with E-state index in [1.807, 2.05) is 34.6 Å². The van der Waals surface area contributed by atoms with Crippen LogP contribution in [0.25, 0.3) is 0 Å². The van der Waals surface area contributed by atoms with E-state index < -0.39 is 41.6 Å². The van der Waals surface area contributed by atoms with Crippen LogP contribution in [-0.4, -0.2) is 58.5 Å². The number of hydrogen-bond donors (Lipinski definition) is 1. The van der Waals surface area contributed by atoms with Gasteiger partial charge in [0.1, 0.15) is 12.6 Å². The van der Waals surface area contributed by atoms with Crippen LogP contribution in [0, 0.1) is 11.3 Å². The van der Waals surface area contributed by atoms with E-state index in [-0.39, 0.29) is 19.3 Å². The molecule has 1 aliphatic rings. The third-order valence-electron chi connectivity index (χ3n) is 5.16. The molecule has 0 spiro atoms. The Balaban J connectivity index is 2.67. The van der Waals surface area contributed by atoms with Gasteiger partial charge in [0.15, 0.2) is 0 Å². The highest BCUT2D eigenvalue weighted by molar-refractivity contribution is 5.83. The molecule has 0 saturated carbocycles. The van der Waals surface area contributed by atoms with E-state index in [1.165, 1.54) is 11.0 Å². The molecular weight excluding hydrogens is 400 g/mol. The second-order valence-corrected chi connectivity index (χ2v) is 8.86. The third-order valence-corrected chi connectivity index (χ3v) is 5.16. The Bertz CT molecular complexity index is 789. The lowest BCUT2D eigenvalue weighted by atomic mass is 9.74. The van der Waals surface area contributed by atoms with Crippen LogP contribution in [-0.2, 0) is 14.3 Å². The summed E-state index contributed by atoms with van der Waals surface area (Å²) in [7, 11) is 0. The van der Waals surface area contributed by atoms with Crippen molar-refractivity contribution in [2.45, 2.75) is 65.8 Å². The van der Waals surface area contributed by atoms with E-state index in [0.29, 0.717) is 11.4 Å². The molecule has 1 aromatic heterocycles. The highest BCUT2D eigenvalue weighted by Gasteiger charge is 2.59. The average Bonchev–Trinajstić information content (AvgIpc) is 2.99. The van der Waals surface area contributed by atoms with Crippen molar-refractivity contribution in [2.75, 3.05) is 13.2 Å². The Morgan fingerprint density at radius 3 is 2.55 bits per heavy atom. The van der Waals surface area contributed by atoms with E-state index >= 15 is 0 Å². The third kappa shape index (κ3) is 5.36. The van der Waals surface area contributed by atoms with Crippen LogP contribution in [0.1, 0.15) is 53.1 Å². The zero-order valence-corrected chi connectivity index (χ0v) is 19.2. The van der Waals surface area contributed by atoms with Gasteiger partial charge in [0, 0.05) is 17.7 Å². The molecule has 0 bridgehead atoms. The second-order valence-electron chi connectivity index (χ2n) is 8.86. The first-order valence-corrected chi connectivity index (χ1v) is 10.6. The van der Waals surface area contributed by atoms with Crippen molar-refractivity contribution in [3.8, 4) is 5.88 Å². The Morgan fingerprint density at radius 1 is 1.32 bits per heavy atom. The molecule has 8 nitrogen and oxygen atoms in total. The van der Waals surface area contributed by atoms with E-state index in [1.54, 1.807) is 25.3 Å². The monoisotopic (exact) mass is 434 g/mol. The summed E-state index contributed by atoms with van der Waals surface area (Å²) in [6.45, 7) is 14.8. The number of pyridine rings is 1. The fraction of sp³-hybridized carbons (Fsp3) is 0.609. The molecule has 1 N–H and O–H groups in total. The van der Waals surface area contributed by atoms with Gasteiger partial charge in [0.2, 0.25) is 5.88 Å². The van der Waals surface area contributed by atoms with Gasteiger partial charge in [-0.1, -0.05) is 33.4 Å². The summed E-state index contributed by atoms with van der Waals surface area (Å²) in [4.78, 5) is 31.7. The van der Waals surface area contributed by atoms with E-state index in [9.17, 15) is 14.7 Å². The molecule has 8 heteroatoms. The number of aliphatic hydroxyl groups excluding tert-OH is 1. The number of ether oxygens (including phenoxy) is 3. The highest BCUT2D eigenvalue weighted by Crippen LogP contribution is 2.49. The fourth-order valence-corrected chi connectivity index (χ4v) is 4.08. The van der Waals surface area contributed by atoms with Crippen molar-refractivity contribution < 1.29 is 28.9 Å². The van der Waals surface area contributed by atoms with Crippen molar-refractivity contribution in [1.82, 2.24) is 9.88 Å². The first-order chi connectivity index (χ1) is 14.5. The van der Waals surface area contributed by atoms with E-state index in [2.05, 4.69) is 11.6 Å². The molecule has 1 aliphatic heterocycles. The molecule has 0 radical (unpaired) electrons. The number of carbonyl (C=O) groups excluding carboxylic acids is 2. The number of nitrogens with zero attached hydrogens (tertiary/aromatic N) is 2. The molecule has 0 aliphatic carbocycles. The first kappa shape index (κ1) is 24.7. The molecule has 2 heterocycles. The quantitative estimate of drug-likeness (QED) is 0.518. The van der Waals surface area contributed by atoms with Crippen molar-refractivity contribution in [1.29, 1.82) is 0 Å². The van der Waals surface area contributed by atoms with Crippen molar-refractivity contribution in [2.24, 2.45) is 11.3 Å². The molecule has 31 heavy (non-hydrogen) atoms. The maximum absolute atomic E-state index is 13.1. The van der Waals surface area contributed by atoms with Gasteiger partial charge in [0.05, 0.1) is 24.9 Å². The summed E-state index contributed by atoms with van der Waals surface area (Å²) in [6.07, 6.45) is 1.02. The van der Waals surface area contributed by atoms with Gasteiger partial charge in [-0.15, -0.1) is 0 Å². The van der Waals surface area contributed by atoms with Crippen molar-refractivity contribution >= 4 is 12.1 Å². The summed E-state index contributed by atoms with van der Waals surface area (Å²) in [5.74, 6) is -0.907. The number of rotatable bonds is 7. The van der Waals surface area contributed by atoms with Crippen molar-refractivity contribution in [3.63, 3.8) is 0 Å². The molecule has 0 unspecified atom stereocenters. The van der Waals surface area contributed by atoms with Gasteiger partial charge in [-0.2, -0.15) is 0 Å². The maximum atomic E-state index is 13.1. The second kappa shape index (κ2) is 10.1. The number of amides is 1. The average molecular weight is 435 g/mol. The Hall–Kier alpha value is -2.61. The lowest BCUT2D eigenvalue weighted by Crippen LogP contribution is -2.48. The van der Waals surface area contributed by atoms with Crippen LogP contribution in [0.4, 0.5) is 4.79 Å². The Labute approximate surface area is 184 Å². The van der Waals surface area contributed by atoms with Gasteiger partial charge in [-0.25, -0.2) is 14.6 Å². The van der Waals surface area contributed by atoms with Gasteiger partial charge < -0.3 is 19.3 Å². The molecule has 172 valence electrons. The minimum absolute atomic E-state index is 0.0315. The number of hydrogen-bond acceptors (Lipinski definition) is 7. The largest absolute Gasteiger partial charge is 0.475 e. The zero-order valence-electron chi connectivity index (χ0n) is 19.2. The smallest absolute Gasteiger partial charge is 0.411 e. The van der Waals surface area contributed by atoms with E-state index in [4.69, 9.17) is 14.2 Å². The van der Waals surface area contributed by atoms with Crippen LogP contribution in [0.3, 0.4) is 0 Å². The van der Waals surface area contributed by atoms with Crippen LogP contribution in [0.15, 0.2) is 31.0 Å². The topological polar surface area (TPSA) is 98.2 Å². The lowest BCUT2D eigenvalue weighted by Gasteiger charge is -2.34. The normalized spacial score (nSPS) is 23.5. The number of likely N-dealkylation sites (tertiary alicyclic amines) is 1. The molecular formula is C23H34N2O6. The zero-order chi connectivity index (χ0) is 23.3. The van der Waals surface area contributed by atoms with Crippen molar-refractivity contribution in [3.05, 3.63) is 36.5 Å². The summed E-state index contributed by atoms with van der Waals surface area (Å²) in [6, 6.07) is 1.49. The highest BCUT2D eigenvalue weighted by atomic mass is 16.6. The number of aromatic nitrogens is 1. The summed E-state index contributed by atoms with van der Waals surface area (Å²) < 4.78 is 16.4. The minimum atomic E-state index is -1.08. The minimum Gasteiger partial charge on any atom is -0.475 e. The Morgan fingerprint density at radius 2 is 2.00 bits per heavy atom. The Kier molecular flexibility index (Phi) is 8.06. The molecule has 1 saturated heterocycles. The number of esters is 1.